The third-order valence-corrected chi connectivity index (χ3v) is 4.36. The van der Waals surface area contributed by atoms with Crippen LogP contribution in [0.4, 0.5) is 17.1 Å². The number of anilines is 3. The topological polar surface area (TPSA) is 48.9 Å². The van der Waals surface area contributed by atoms with Gasteiger partial charge in [-0.05, 0) is 35.9 Å². The number of hydrogen-bond acceptors (Lipinski definition) is 5. The standard InChI is InChI=1S/C21H16N4O/c1-2-7-15(8-3-1)16-11-12-19-20(21(16)25-22-13-6-14-23-25)24-17-9-4-5-10-18(17)26-19/h1-14,22,24H. The smallest absolute Gasteiger partial charge is 0.153 e. The van der Waals surface area contributed by atoms with E-state index in [1.807, 2.05) is 60.8 Å². The van der Waals surface area contributed by atoms with Crippen molar-refractivity contribution in [1.82, 2.24) is 5.43 Å². The monoisotopic (exact) mass is 340 g/mol. The van der Waals surface area contributed by atoms with Crippen molar-refractivity contribution in [3.63, 3.8) is 0 Å². The molecule has 0 radical (unpaired) electrons. The van der Waals surface area contributed by atoms with Crippen LogP contribution in [0.5, 0.6) is 11.5 Å². The van der Waals surface area contributed by atoms with E-state index in [0.29, 0.717) is 0 Å². The number of benzene rings is 3. The molecule has 0 amide bonds. The molecule has 2 aliphatic heterocycles. The van der Waals surface area contributed by atoms with Crippen molar-refractivity contribution in [2.45, 2.75) is 0 Å². The van der Waals surface area contributed by atoms with Gasteiger partial charge in [-0.2, -0.15) is 10.2 Å². The lowest BCUT2D eigenvalue weighted by atomic mass is 10.0. The first-order valence-corrected chi connectivity index (χ1v) is 8.42. The lowest BCUT2D eigenvalue weighted by Crippen LogP contribution is -2.32. The summed E-state index contributed by atoms with van der Waals surface area (Å²) in [6.07, 6.45) is 5.45. The summed E-state index contributed by atoms with van der Waals surface area (Å²) in [5.74, 6) is 1.58. The van der Waals surface area contributed by atoms with Crippen molar-refractivity contribution < 1.29 is 4.74 Å². The van der Waals surface area contributed by atoms with E-state index in [1.54, 1.807) is 11.3 Å². The van der Waals surface area contributed by atoms with Gasteiger partial charge in [-0.3, -0.25) is 5.43 Å². The number of hydrogen-bond donors (Lipinski definition) is 2. The predicted octanol–water partition coefficient (Wildman–Crippen LogP) is 5.03. The second kappa shape index (κ2) is 5.97. The molecule has 2 aliphatic rings. The quantitative estimate of drug-likeness (QED) is 0.537. The summed E-state index contributed by atoms with van der Waals surface area (Å²) in [4.78, 5) is 0. The van der Waals surface area contributed by atoms with Crippen molar-refractivity contribution >= 4 is 23.3 Å². The minimum Gasteiger partial charge on any atom is -0.453 e. The highest BCUT2D eigenvalue weighted by Gasteiger charge is 2.25. The van der Waals surface area contributed by atoms with E-state index in [4.69, 9.17) is 4.74 Å². The fourth-order valence-corrected chi connectivity index (χ4v) is 3.18. The molecular weight excluding hydrogens is 324 g/mol. The van der Waals surface area contributed by atoms with E-state index in [9.17, 15) is 0 Å². The second-order valence-electron chi connectivity index (χ2n) is 5.99. The molecule has 5 heteroatoms. The minimum absolute atomic E-state index is 0.768. The van der Waals surface area contributed by atoms with E-state index in [-0.39, 0.29) is 0 Å². The zero-order valence-electron chi connectivity index (χ0n) is 13.9. The second-order valence-corrected chi connectivity index (χ2v) is 5.99. The van der Waals surface area contributed by atoms with Gasteiger partial charge in [0.15, 0.2) is 11.5 Å². The molecular formula is C21H16N4O. The zero-order valence-corrected chi connectivity index (χ0v) is 13.9. The Morgan fingerprint density at radius 2 is 1.69 bits per heavy atom. The van der Waals surface area contributed by atoms with Crippen LogP contribution in [0.1, 0.15) is 0 Å². The summed E-state index contributed by atoms with van der Waals surface area (Å²) in [5.41, 5.74) is 8.06. The molecule has 0 atom stereocenters. The number of nitrogens with one attached hydrogen (secondary N) is 2. The van der Waals surface area contributed by atoms with E-state index in [1.165, 1.54) is 0 Å². The molecule has 0 saturated carbocycles. The Morgan fingerprint density at radius 1 is 0.846 bits per heavy atom. The largest absolute Gasteiger partial charge is 0.453 e. The molecule has 0 spiro atoms. The molecule has 3 aromatic rings. The van der Waals surface area contributed by atoms with Gasteiger partial charge in [-0.15, -0.1) is 0 Å². The maximum Gasteiger partial charge on any atom is 0.153 e. The Labute approximate surface area is 151 Å². The van der Waals surface area contributed by atoms with Gasteiger partial charge in [0.1, 0.15) is 11.4 Å². The van der Waals surface area contributed by atoms with Gasteiger partial charge in [-0.1, -0.05) is 42.5 Å². The maximum atomic E-state index is 6.11. The molecule has 2 heterocycles. The van der Waals surface area contributed by atoms with Crippen LogP contribution in [0.25, 0.3) is 11.1 Å². The molecule has 0 unspecified atom stereocenters. The van der Waals surface area contributed by atoms with Crippen molar-refractivity contribution in [2.75, 3.05) is 10.4 Å². The molecule has 0 aliphatic carbocycles. The molecule has 26 heavy (non-hydrogen) atoms. The van der Waals surface area contributed by atoms with Crippen LogP contribution in [0.3, 0.4) is 0 Å². The summed E-state index contributed by atoms with van der Waals surface area (Å²) in [5, 5.41) is 9.73. The Balaban J connectivity index is 1.71. The molecule has 3 aromatic carbocycles. The summed E-state index contributed by atoms with van der Waals surface area (Å²) in [6.45, 7) is 0. The number of rotatable bonds is 2. The number of hydrazone groups is 1. The highest BCUT2D eigenvalue weighted by atomic mass is 16.5. The maximum absolute atomic E-state index is 6.11. The van der Waals surface area contributed by atoms with Crippen LogP contribution in [-0.4, -0.2) is 6.21 Å². The van der Waals surface area contributed by atoms with Gasteiger partial charge in [0, 0.05) is 11.8 Å². The molecule has 5 nitrogen and oxygen atoms in total. The number of nitrogens with zero attached hydrogens (tertiary/aromatic N) is 2. The van der Waals surface area contributed by atoms with Crippen molar-refractivity contribution in [3.05, 3.63) is 79.0 Å². The highest BCUT2D eigenvalue weighted by molar-refractivity contribution is 5.95. The Morgan fingerprint density at radius 3 is 2.54 bits per heavy atom. The molecule has 0 aromatic heterocycles. The van der Waals surface area contributed by atoms with Gasteiger partial charge < -0.3 is 10.1 Å². The lowest BCUT2D eigenvalue weighted by molar-refractivity contribution is 0.481. The summed E-state index contributed by atoms with van der Waals surface area (Å²) in [6, 6.07) is 22.2. The van der Waals surface area contributed by atoms with E-state index >= 15 is 0 Å². The average Bonchev–Trinajstić information content (AvgIpc) is 2.72. The Hall–Kier alpha value is -3.73. The first-order valence-electron chi connectivity index (χ1n) is 8.42. The van der Waals surface area contributed by atoms with Crippen LogP contribution in [-0.2, 0) is 0 Å². The summed E-state index contributed by atoms with van der Waals surface area (Å²) in [7, 11) is 0. The lowest BCUT2D eigenvalue weighted by Gasteiger charge is -2.30. The minimum atomic E-state index is 0.768. The molecule has 0 bridgehead atoms. The van der Waals surface area contributed by atoms with Gasteiger partial charge in [0.25, 0.3) is 0 Å². The first-order chi connectivity index (χ1) is 12.9. The van der Waals surface area contributed by atoms with E-state index in [0.717, 1.165) is 39.7 Å². The van der Waals surface area contributed by atoms with Crippen molar-refractivity contribution in [2.24, 2.45) is 5.10 Å². The van der Waals surface area contributed by atoms with Gasteiger partial charge >= 0.3 is 0 Å². The highest BCUT2D eigenvalue weighted by Crippen LogP contribution is 2.49. The van der Waals surface area contributed by atoms with Crippen LogP contribution in [0, 0.1) is 0 Å². The third-order valence-electron chi connectivity index (χ3n) is 4.36. The number of hydrazine groups is 1. The van der Waals surface area contributed by atoms with Crippen LogP contribution in [0.15, 0.2) is 84.1 Å². The summed E-state index contributed by atoms with van der Waals surface area (Å²) < 4.78 is 6.11. The van der Waals surface area contributed by atoms with Gasteiger partial charge in [-0.25, -0.2) is 0 Å². The molecule has 2 N–H and O–H groups in total. The number of fused-ring (bicyclic) bond motifs is 2. The van der Waals surface area contributed by atoms with E-state index in [2.05, 4.69) is 34.0 Å². The third kappa shape index (κ3) is 2.38. The van der Waals surface area contributed by atoms with Crippen LogP contribution in [0.2, 0.25) is 0 Å². The van der Waals surface area contributed by atoms with Crippen molar-refractivity contribution in [3.8, 4) is 22.6 Å². The SMILES string of the molecule is C1=CNN(c2c(-c3ccccc3)ccc3c2Nc2ccccc2O3)N=C1. The average molecular weight is 340 g/mol. The number of allylic oxidation sites excluding steroid dienone is 1. The van der Waals surface area contributed by atoms with Crippen LogP contribution < -0.4 is 20.6 Å². The number of ether oxygens (including phenoxy) is 1. The fraction of sp³-hybridized carbons (Fsp3) is 0. The van der Waals surface area contributed by atoms with Crippen LogP contribution >= 0.6 is 0 Å². The molecule has 0 fully saturated rings. The van der Waals surface area contributed by atoms with Crippen molar-refractivity contribution in [1.29, 1.82) is 0 Å². The normalized spacial score (nSPS) is 13.9. The van der Waals surface area contributed by atoms with Gasteiger partial charge in [0.05, 0.1) is 11.9 Å². The Kier molecular flexibility index (Phi) is 3.35. The Bertz CT molecular complexity index is 1030. The summed E-state index contributed by atoms with van der Waals surface area (Å²) >= 11 is 0. The predicted molar refractivity (Wildman–Crippen MR) is 105 cm³/mol. The molecule has 0 saturated heterocycles. The number of para-hydroxylation sites is 2. The van der Waals surface area contributed by atoms with E-state index < -0.39 is 0 Å². The van der Waals surface area contributed by atoms with Gasteiger partial charge in [0.2, 0.25) is 0 Å². The molecule has 126 valence electrons. The first kappa shape index (κ1) is 14.6. The zero-order chi connectivity index (χ0) is 17.3. The fourth-order valence-electron chi connectivity index (χ4n) is 3.18. The molecule has 5 rings (SSSR count).